The van der Waals surface area contributed by atoms with E-state index in [4.69, 9.17) is 13.3 Å². The van der Waals surface area contributed by atoms with Crippen molar-refractivity contribution in [3.8, 4) is 0 Å². The van der Waals surface area contributed by atoms with Crippen LogP contribution >= 0.6 is 0 Å². The van der Waals surface area contributed by atoms with Gasteiger partial charge in [0.05, 0.1) is 153 Å². The maximum Gasteiger partial charge on any atom is 0.501 e. The SMILES string of the molecule is CCCCCCCCCCCCCCCCCC[N+](C)(CCCCCCCCCC)CCC[Si](OCC(CO)(CO)NCC(O)CS(=O)(=O)[O-])(OCC(CO)(CO)NCC(O)CS(=O)(=O)[O-])OCC(CO)(CO)NCC(O)CS(=O)(=O)O. The highest BCUT2D eigenvalue weighted by molar-refractivity contribution is 7.86. The number of β-amino-alcohol motifs (C(OH)–C–C–N with tert-alkyl or cyclic N) is 3. The van der Waals surface area contributed by atoms with E-state index < -0.39 is 170 Å². The Morgan fingerprint density at radius 1 is 0.427 bits per heavy atom. The van der Waals surface area contributed by atoms with E-state index in [0.29, 0.717) is 11.0 Å². The number of aliphatic hydroxyl groups is 9. The molecule has 0 aromatic carbocycles. The molecule has 0 rings (SSSR count). The Hall–Kier alpha value is -0.693. The number of nitrogens with one attached hydrogen (secondary N) is 3. The molecule has 0 fully saturated rings. The molecule has 0 amide bonds. The van der Waals surface area contributed by atoms with Gasteiger partial charge in [-0.15, -0.1) is 0 Å². The van der Waals surface area contributed by atoms with Gasteiger partial charge >= 0.3 is 8.80 Å². The van der Waals surface area contributed by atoms with Gasteiger partial charge in [-0.3, -0.25) is 4.55 Å². The summed E-state index contributed by atoms with van der Waals surface area (Å²) in [7, 11) is -17.0. The third kappa shape index (κ3) is 40.7. The second-order valence-electron chi connectivity index (χ2n) is 23.3. The minimum atomic E-state index is -4.93. The van der Waals surface area contributed by atoms with Crippen LogP contribution in [0.4, 0.5) is 0 Å². The first-order valence-electron chi connectivity index (χ1n) is 30.1. The lowest BCUT2D eigenvalue weighted by Gasteiger charge is -2.42. The average Bonchev–Trinajstić information content (AvgIpc) is 3.48. The van der Waals surface area contributed by atoms with Gasteiger partial charge in [-0.25, -0.2) is 16.8 Å². The highest BCUT2D eigenvalue weighted by Gasteiger charge is 2.49. The van der Waals surface area contributed by atoms with Gasteiger partial charge in [-0.1, -0.05) is 142 Å². The third-order valence-corrected chi connectivity index (χ3v) is 20.2. The number of hydrogen-bond acceptors (Lipinski definition) is 23. The van der Waals surface area contributed by atoms with Gasteiger partial charge < -0.3 is 88.8 Å². The molecule has 0 spiro atoms. The maximum atomic E-state index is 11.6. The smallest absolute Gasteiger partial charge is 0.501 e. The summed E-state index contributed by atoms with van der Waals surface area (Å²) < 4.78 is 122. The largest absolute Gasteiger partial charge is 0.748 e. The van der Waals surface area contributed by atoms with Gasteiger partial charge in [-0.2, -0.15) is 8.42 Å². The van der Waals surface area contributed by atoms with Crippen molar-refractivity contribution in [2.24, 2.45) is 0 Å². The molecule has 29 heteroatoms. The van der Waals surface area contributed by atoms with E-state index in [1.54, 1.807) is 0 Å². The molecule has 0 heterocycles. The summed E-state index contributed by atoms with van der Waals surface area (Å²) in [5.74, 6) is -3.57. The van der Waals surface area contributed by atoms with Crippen molar-refractivity contribution in [2.75, 3.05) is 123 Å². The van der Waals surface area contributed by atoms with Crippen LogP contribution in [0.25, 0.3) is 0 Å². The summed E-state index contributed by atoms with van der Waals surface area (Å²) in [5, 5.41) is 104. The Morgan fingerprint density at radius 3 is 0.915 bits per heavy atom. The van der Waals surface area contributed by atoms with Gasteiger partial charge in [0, 0.05) is 32.1 Å². The molecule has 0 bridgehead atoms. The first-order valence-corrected chi connectivity index (χ1v) is 36.8. The lowest BCUT2D eigenvalue weighted by molar-refractivity contribution is -0.910. The van der Waals surface area contributed by atoms with E-state index >= 15 is 0 Å². The van der Waals surface area contributed by atoms with Crippen molar-refractivity contribution in [2.45, 2.75) is 215 Å². The number of unbranched alkanes of at least 4 members (excludes halogenated alkanes) is 22. The van der Waals surface area contributed by atoms with Crippen molar-refractivity contribution in [1.29, 1.82) is 0 Å². The summed E-state index contributed by atoms with van der Waals surface area (Å²) in [6, 6.07) is -0.135. The standard InChI is InChI=1S/C53H114N4O21S3Si/c1-4-6-8-10-12-14-15-16-17-18-19-20-21-23-25-27-30-57(3,29-26-24-22-13-11-9-7-5-2)31-28-32-82(76-45-51(39-58,40-59)54-33-48(64)36-79(67,68)69,77-46-52(41-60,42-61)55-34-49(65)37-80(70,71)72)78-47-53(43-62,44-63)56-35-50(66)38-81(73,74)75/h48-50,54-56,58-66H,4-47H2,1-3H3,(H2-,67,68,69,70,71,72,73,74,75)/p-1. The van der Waals surface area contributed by atoms with E-state index in [1.165, 1.54) is 96.3 Å². The van der Waals surface area contributed by atoms with Crippen LogP contribution < -0.4 is 16.0 Å². The molecule has 25 nitrogen and oxygen atoms in total. The topological polar surface area (TPSA) is 415 Å². The molecular weight excluding hydrogens is 1150 g/mol. The molecule has 4 atom stereocenters. The number of hydrogen-bond donors (Lipinski definition) is 13. The summed E-state index contributed by atoms with van der Waals surface area (Å²) in [5.41, 5.74) is -5.80. The summed E-state index contributed by atoms with van der Waals surface area (Å²) in [6.45, 7) is -3.29. The number of nitrogens with zero attached hydrogens (tertiary/aromatic N) is 1. The van der Waals surface area contributed by atoms with E-state index in [2.05, 4.69) is 36.8 Å². The quantitative estimate of drug-likeness (QED) is 0.0176. The molecule has 4 unspecified atom stereocenters. The van der Waals surface area contributed by atoms with Crippen molar-refractivity contribution >= 4 is 39.2 Å². The fraction of sp³-hybridized carbons (Fsp3) is 1.00. The summed E-state index contributed by atoms with van der Waals surface area (Å²) in [4.78, 5) is 0. The Labute approximate surface area is 493 Å². The van der Waals surface area contributed by atoms with Crippen molar-refractivity contribution in [3.05, 3.63) is 0 Å². The Kier molecular flexibility index (Phi) is 44.3. The number of quaternary nitrogens is 1. The van der Waals surface area contributed by atoms with Crippen LogP contribution in [0.5, 0.6) is 0 Å². The van der Waals surface area contributed by atoms with E-state index in [9.17, 15) is 84.9 Å². The first-order chi connectivity index (χ1) is 38.6. The van der Waals surface area contributed by atoms with Crippen LogP contribution in [-0.4, -0.2) is 256 Å². The van der Waals surface area contributed by atoms with Crippen molar-refractivity contribution in [3.63, 3.8) is 0 Å². The summed E-state index contributed by atoms with van der Waals surface area (Å²) in [6.07, 6.45) is 23.3. The van der Waals surface area contributed by atoms with Crippen molar-refractivity contribution < 1.29 is 103 Å². The lowest BCUT2D eigenvalue weighted by atomic mass is 10.0. The van der Waals surface area contributed by atoms with Gasteiger partial charge in [0.25, 0.3) is 10.1 Å². The van der Waals surface area contributed by atoms with Crippen LogP contribution in [0.2, 0.25) is 6.04 Å². The van der Waals surface area contributed by atoms with Gasteiger partial charge in [0.15, 0.2) is 0 Å². The van der Waals surface area contributed by atoms with Crippen LogP contribution in [0.1, 0.15) is 174 Å². The Balaban J connectivity index is 7.14. The van der Waals surface area contributed by atoms with E-state index in [-0.39, 0.29) is 12.5 Å². The minimum absolute atomic E-state index is 0.135. The molecule has 0 aromatic rings. The fourth-order valence-corrected chi connectivity index (χ4v) is 14.1. The van der Waals surface area contributed by atoms with Crippen LogP contribution in [0.3, 0.4) is 0 Å². The van der Waals surface area contributed by atoms with E-state index in [1.807, 2.05) is 0 Å². The molecule has 0 radical (unpaired) electrons. The Bertz CT molecular complexity index is 1750. The minimum Gasteiger partial charge on any atom is -0.748 e. The Morgan fingerprint density at radius 2 is 0.671 bits per heavy atom. The lowest BCUT2D eigenvalue weighted by Crippen LogP contribution is -2.64. The maximum absolute atomic E-state index is 11.6. The second kappa shape index (κ2) is 44.7. The predicted molar refractivity (Wildman–Crippen MR) is 314 cm³/mol. The zero-order valence-electron chi connectivity index (χ0n) is 50.0. The molecule has 13 N–H and O–H groups in total. The monoisotopic (exact) mass is 1270 g/mol. The highest BCUT2D eigenvalue weighted by Crippen LogP contribution is 2.27. The predicted octanol–water partition coefficient (Wildman–Crippen LogP) is 1.21. The van der Waals surface area contributed by atoms with Crippen LogP contribution in [-0.2, 0) is 43.6 Å². The second-order valence-corrected chi connectivity index (χ2v) is 30.4. The molecule has 0 saturated heterocycles. The molecule has 82 heavy (non-hydrogen) atoms. The molecule has 0 aliphatic heterocycles. The fourth-order valence-electron chi connectivity index (χ4n) is 9.57. The highest BCUT2D eigenvalue weighted by atomic mass is 32.2. The van der Waals surface area contributed by atoms with Gasteiger partial charge in [0.1, 0.15) is 5.75 Å². The van der Waals surface area contributed by atoms with Gasteiger partial charge in [-0.05, 0) is 25.7 Å². The van der Waals surface area contributed by atoms with Crippen LogP contribution in [0.15, 0.2) is 0 Å². The third-order valence-electron chi connectivity index (χ3n) is 15.1. The average molecular weight is 1270 g/mol. The molecule has 0 saturated carbocycles. The molecule has 494 valence electrons. The van der Waals surface area contributed by atoms with Gasteiger partial charge in [0.2, 0.25) is 0 Å². The van der Waals surface area contributed by atoms with Crippen LogP contribution in [0, 0.1) is 0 Å². The molecule has 0 aromatic heterocycles. The molecule has 0 aliphatic rings. The van der Waals surface area contributed by atoms with Crippen molar-refractivity contribution in [1.82, 2.24) is 16.0 Å². The normalized spacial score (nSPS) is 15.8. The first kappa shape index (κ1) is 81.3. The number of aliphatic hydroxyl groups excluding tert-OH is 9. The zero-order chi connectivity index (χ0) is 62.1. The molecule has 0 aliphatic carbocycles. The zero-order valence-corrected chi connectivity index (χ0v) is 53.4. The summed E-state index contributed by atoms with van der Waals surface area (Å²) >= 11 is 0. The molecular formula is C53H113N4O21S3Si-. The van der Waals surface area contributed by atoms with E-state index in [0.717, 1.165) is 70.9 Å². The number of rotatable bonds is 60.